The number of hydrogen-bond acceptors (Lipinski definition) is 4. The molecule has 0 radical (unpaired) electrons. The van der Waals surface area contributed by atoms with Gasteiger partial charge < -0.3 is 9.64 Å². The van der Waals surface area contributed by atoms with E-state index in [2.05, 4.69) is 9.97 Å². The Morgan fingerprint density at radius 2 is 1.92 bits per heavy atom. The van der Waals surface area contributed by atoms with Gasteiger partial charge in [-0.2, -0.15) is 0 Å². The van der Waals surface area contributed by atoms with Crippen LogP contribution in [0.2, 0.25) is 5.15 Å². The highest BCUT2D eigenvalue weighted by atomic mass is 35.5. The molecule has 1 amide bonds. The van der Waals surface area contributed by atoms with Gasteiger partial charge in [0.1, 0.15) is 10.8 Å². The van der Waals surface area contributed by atoms with E-state index in [1.807, 2.05) is 51.1 Å². The molecule has 0 fully saturated rings. The van der Waals surface area contributed by atoms with E-state index >= 15 is 0 Å². The van der Waals surface area contributed by atoms with Gasteiger partial charge in [0.25, 0.3) is 0 Å². The smallest absolute Gasteiger partial charge is 0.410 e. The molecule has 24 heavy (non-hydrogen) atoms. The number of hydrogen-bond donors (Lipinski definition) is 0. The van der Waals surface area contributed by atoms with Crippen LogP contribution >= 0.6 is 11.6 Å². The van der Waals surface area contributed by atoms with E-state index in [0.717, 1.165) is 11.4 Å². The van der Waals surface area contributed by atoms with Crippen molar-refractivity contribution in [1.82, 2.24) is 14.9 Å². The van der Waals surface area contributed by atoms with Crippen LogP contribution in [0, 0.1) is 0 Å². The molecule has 6 heteroatoms. The summed E-state index contributed by atoms with van der Waals surface area (Å²) in [4.78, 5) is 22.7. The van der Waals surface area contributed by atoms with Gasteiger partial charge in [0.15, 0.2) is 0 Å². The number of carbonyl (C=O) groups excluding carboxylic acids is 1. The van der Waals surface area contributed by atoms with Crippen molar-refractivity contribution in [3.63, 3.8) is 0 Å². The molecule has 0 aliphatic rings. The molecule has 0 aliphatic carbocycles. The largest absolute Gasteiger partial charge is 0.444 e. The molecule has 0 bridgehead atoms. The predicted molar refractivity (Wildman–Crippen MR) is 93.8 cm³/mol. The van der Waals surface area contributed by atoms with Crippen LogP contribution in [-0.4, -0.2) is 33.1 Å². The van der Waals surface area contributed by atoms with Gasteiger partial charge in [-0.1, -0.05) is 23.7 Å². The van der Waals surface area contributed by atoms with Crippen LogP contribution < -0.4 is 0 Å². The molecule has 0 N–H and O–H groups in total. The maximum Gasteiger partial charge on any atom is 0.410 e. The minimum absolute atomic E-state index is 0.366. The normalized spacial score (nSPS) is 11.2. The standard InChI is InChI=1S/C18H22ClN3O2/c1-18(2,3)24-17(23)22(13-15-7-4-5-11-20-15)12-10-14-8-6-9-16(19)21-14/h4-9,11H,10,12-13H2,1-3H3. The molecule has 0 unspecified atom stereocenters. The average molecular weight is 348 g/mol. The molecular weight excluding hydrogens is 326 g/mol. The lowest BCUT2D eigenvalue weighted by atomic mass is 10.2. The fraction of sp³-hybridized carbons (Fsp3) is 0.389. The van der Waals surface area contributed by atoms with Gasteiger partial charge in [-0.25, -0.2) is 9.78 Å². The van der Waals surface area contributed by atoms with E-state index in [9.17, 15) is 4.79 Å². The Morgan fingerprint density at radius 3 is 2.54 bits per heavy atom. The molecule has 2 aromatic heterocycles. The van der Waals surface area contributed by atoms with Crippen molar-refractivity contribution in [1.29, 1.82) is 0 Å². The highest BCUT2D eigenvalue weighted by molar-refractivity contribution is 6.29. The fourth-order valence-electron chi connectivity index (χ4n) is 2.09. The van der Waals surface area contributed by atoms with Gasteiger partial charge in [-0.05, 0) is 45.0 Å². The topological polar surface area (TPSA) is 55.3 Å². The molecule has 128 valence electrons. The fourth-order valence-corrected chi connectivity index (χ4v) is 2.27. The number of rotatable bonds is 5. The number of halogens is 1. The summed E-state index contributed by atoms with van der Waals surface area (Å²) in [6, 6.07) is 11.1. The van der Waals surface area contributed by atoms with Crippen LogP contribution in [0.4, 0.5) is 4.79 Å². The Bertz CT molecular complexity index is 671. The third kappa shape index (κ3) is 6.16. The molecule has 0 saturated carbocycles. The molecule has 5 nitrogen and oxygen atoms in total. The SMILES string of the molecule is CC(C)(C)OC(=O)N(CCc1cccc(Cl)n1)Cc1ccccn1. The number of ether oxygens (including phenoxy) is 1. The Labute approximate surface area is 147 Å². The number of nitrogens with zero attached hydrogens (tertiary/aromatic N) is 3. The first kappa shape index (κ1) is 18.2. The van der Waals surface area contributed by atoms with E-state index in [0.29, 0.717) is 24.7 Å². The van der Waals surface area contributed by atoms with Crippen LogP contribution in [-0.2, 0) is 17.7 Å². The van der Waals surface area contributed by atoms with Gasteiger partial charge in [0, 0.05) is 24.9 Å². The van der Waals surface area contributed by atoms with Crippen LogP contribution in [0.3, 0.4) is 0 Å². The van der Waals surface area contributed by atoms with E-state index in [-0.39, 0.29) is 6.09 Å². The monoisotopic (exact) mass is 347 g/mol. The zero-order chi connectivity index (χ0) is 17.6. The summed E-state index contributed by atoms with van der Waals surface area (Å²) in [5, 5.41) is 0.445. The van der Waals surface area contributed by atoms with Gasteiger partial charge in [0.05, 0.1) is 12.2 Å². The van der Waals surface area contributed by atoms with Crippen molar-refractivity contribution in [3.05, 3.63) is 59.1 Å². The summed E-state index contributed by atoms with van der Waals surface area (Å²) in [6.45, 7) is 6.41. The van der Waals surface area contributed by atoms with Crippen LogP contribution in [0.1, 0.15) is 32.2 Å². The summed E-state index contributed by atoms with van der Waals surface area (Å²) in [5.41, 5.74) is 1.09. The highest BCUT2D eigenvalue weighted by Gasteiger charge is 2.22. The summed E-state index contributed by atoms with van der Waals surface area (Å²) in [6.07, 6.45) is 1.93. The molecule has 0 aliphatic heterocycles. The van der Waals surface area contributed by atoms with E-state index < -0.39 is 5.60 Å². The molecule has 2 aromatic rings. The van der Waals surface area contributed by atoms with E-state index in [1.165, 1.54) is 0 Å². The Kier molecular flexibility index (Phi) is 6.15. The van der Waals surface area contributed by atoms with Crippen LogP contribution in [0.5, 0.6) is 0 Å². The maximum absolute atomic E-state index is 12.5. The van der Waals surface area contributed by atoms with Crippen molar-refractivity contribution < 1.29 is 9.53 Å². The van der Waals surface area contributed by atoms with Gasteiger partial charge in [-0.3, -0.25) is 4.98 Å². The van der Waals surface area contributed by atoms with Crippen molar-refractivity contribution in [2.24, 2.45) is 0 Å². The van der Waals surface area contributed by atoms with Gasteiger partial charge >= 0.3 is 6.09 Å². The first-order chi connectivity index (χ1) is 11.3. The highest BCUT2D eigenvalue weighted by Crippen LogP contribution is 2.13. The minimum atomic E-state index is -0.548. The first-order valence-electron chi connectivity index (χ1n) is 7.83. The third-order valence-electron chi connectivity index (χ3n) is 3.14. The molecular formula is C18H22ClN3O2. The van der Waals surface area contributed by atoms with E-state index in [1.54, 1.807) is 17.2 Å². The zero-order valence-electron chi connectivity index (χ0n) is 14.2. The third-order valence-corrected chi connectivity index (χ3v) is 3.35. The molecule has 0 saturated heterocycles. The predicted octanol–water partition coefficient (Wildman–Crippen LogP) is 4.11. The summed E-state index contributed by atoms with van der Waals surface area (Å²) >= 11 is 5.91. The molecule has 0 atom stereocenters. The average Bonchev–Trinajstić information content (AvgIpc) is 2.50. The minimum Gasteiger partial charge on any atom is -0.444 e. The van der Waals surface area contributed by atoms with Crippen molar-refractivity contribution >= 4 is 17.7 Å². The molecule has 2 heterocycles. The van der Waals surface area contributed by atoms with Gasteiger partial charge in [0.2, 0.25) is 0 Å². The molecule has 2 rings (SSSR count). The number of aromatic nitrogens is 2. The lowest BCUT2D eigenvalue weighted by molar-refractivity contribution is 0.0233. The Balaban J connectivity index is 2.08. The first-order valence-corrected chi connectivity index (χ1v) is 8.20. The lowest BCUT2D eigenvalue weighted by Crippen LogP contribution is -2.37. The second-order valence-corrected chi connectivity index (χ2v) is 6.81. The number of amides is 1. The quantitative estimate of drug-likeness (QED) is 0.764. The lowest BCUT2D eigenvalue weighted by Gasteiger charge is -2.27. The number of pyridine rings is 2. The van der Waals surface area contributed by atoms with E-state index in [4.69, 9.17) is 16.3 Å². The zero-order valence-corrected chi connectivity index (χ0v) is 15.0. The summed E-state index contributed by atoms with van der Waals surface area (Å²) in [5.74, 6) is 0. The maximum atomic E-state index is 12.5. The Hall–Kier alpha value is -2.14. The number of carbonyl (C=O) groups is 1. The second-order valence-electron chi connectivity index (χ2n) is 6.42. The summed E-state index contributed by atoms with van der Waals surface area (Å²) < 4.78 is 5.50. The van der Waals surface area contributed by atoms with Gasteiger partial charge in [-0.15, -0.1) is 0 Å². The van der Waals surface area contributed by atoms with Crippen molar-refractivity contribution in [2.45, 2.75) is 39.3 Å². The molecule has 0 aromatic carbocycles. The Morgan fingerprint density at radius 1 is 1.17 bits per heavy atom. The van der Waals surface area contributed by atoms with Crippen molar-refractivity contribution in [2.75, 3.05) is 6.54 Å². The van der Waals surface area contributed by atoms with Crippen LogP contribution in [0.15, 0.2) is 42.6 Å². The van der Waals surface area contributed by atoms with Crippen molar-refractivity contribution in [3.8, 4) is 0 Å². The van der Waals surface area contributed by atoms with Crippen LogP contribution in [0.25, 0.3) is 0 Å². The second kappa shape index (κ2) is 8.11. The summed E-state index contributed by atoms with van der Waals surface area (Å²) in [7, 11) is 0. The molecule has 0 spiro atoms.